The molecule has 3 aromatic rings. The highest BCUT2D eigenvalue weighted by atomic mass is 79.9. The molecule has 0 unspecified atom stereocenters. The Labute approximate surface area is 155 Å². The second kappa shape index (κ2) is 6.72. The number of hydrogen-bond acceptors (Lipinski definition) is 4. The molecule has 1 heterocycles. The van der Waals surface area contributed by atoms with Crippen LogP contribution in [0.5, 0.6) is 11.5 Å². The maximum Gasteiger partial charge on any atom is 0.269 e. The van der Waals surface area contributed by atoms with Gasteiger partial charge < -0.3 is 9.47 Å². The van der Waals surface area contributed by atoms with Gasteiger partial charge in [-0.05, 0) is 60.1 Å². The fraction of sp³-hybridized carbons (Fsp3) is 0.222. The molecule has 5 nitrogen and oxygen atoms in total. The van der Waals surface area contributed by atoms with Crippen molar-refractivity contribution in [2.24, 2.45) is 0 Å². The highest BCUT2D eigenvalue weighted by molar-refractivity contribution is 9.10. The van der Waals surface area contributed by atoms with Gasteiger partial charge in [-0.1, -0.05) is 12.1 Å². The Bertz CT molecular complexity index is 1040. The molecule has 0 aliphatic carbocycles. The molecule has 1 aromatic heterocycles. The third-order valence-electron chi connectivity index (χ3n) is 3.95. The van der Waals surface area contributed by atoms with Crippen molar-refractivity contribution in [3.8, 4) is 11.5 Å². The van der Waals surface area contributed by atoms with Crippen molar-refractivity contribution in [3.05, 3.63) is 52.6 Å². The Morgan fingerprint density at radius 1 is 1.16 bits per heavy atom. The molecule has 0 amide bonds. The van der Waals surface area contributed by atoms with Crippen molar-refractivity contribution in [2.75, 3.05) is 13.7 Å². The molecule has 0 saturated heterocycles. The van der Waals surface area contributed by atoms with Crippen LogP contribution in [0.3, 0.4) is 0 Å². The number of methoxy groups -OCH3 is 1. The summed E-state index contributed by atoms with van der Waals surface area (Å²) in [6, 6.07) is 12.1. The molecular formula is C18H18BrNO4S. The first-order chi connectivity index (χ1) is 11.9. The molecule has 2 aromatic carbocycles. The zero-order valence-corrected chi connectivity index (χ0v) is 16.5. The van der Waals surface area contributed by atoms with E-state index >= 15 is 0 Å². The number of aromatic nitrogens is 1. The number of fused-ring (bicyclic) bond motifs is 1. The van der Waals surface area contributed by atoms with Gasteiger partial charge in [-0.25, -0.2) is 12.4 Å². The molecule has 132 valence electrons. The Morgan fingerprint density at radius 3 is 2.52 bits per heavy atom. The molecule has 7 heteroatoms. The van der Waals surface area contributed by atoms with E-state index in [0.29, 0.717) is 33.8 Å². The Morgan fingerprint density at radius 2 is 1.88 bits per heavy atom. The van der Waals surface area contributed by atoms with Gasteiger partial charge in [-0.3, -0.25) is 0 Å². The second-order valence-corrected chi connectivity index (χ2v) is 8.04. The molecule has 0 fully saturated rings. The van der Waals surface area contributed by atoms with Crippen molar-refractivity contribution in [3.63, 3.8) is 0 Å². The SMILES string of the molecule is CCOc1c(C)n(S(=O)(=O)c2ccc(OC)cc2Br)c2ccccc12. The van der Waals surface area contributed by atoms with Gasteiger partial charge in [0.2, 0.25) is 0 Å². The van der Waals surface area contributed by atoms with Crippen molar-refractivity contribution in [2.45, 2.75) is 18.7 Å². The first kappa shape index (κ1) is 17.8. The number of halogens is 1. The first-order valence-electron chi connectivity index (χ1n) is 7.73. The van der Waals surface area contributed by atoms with E-state index in [1.165, 1.54) is 17.1 Å². The molecule has 0 N–H and O–H groups in total. The maximum atomic E-state index is 13.3. The van der Waals surface area contributed by atoms with Gasteiger partial charge in [0, 0.05) is 9.86 Å². The molecule has 0 saturated carbocycles. The van der Waals surface area contributed by atoms with E-state index in [1.54, 1.807) is 25.1 Å². The van der Waals surface area contributed by atoms with Crippen LogP contribution in [0.4, 0.5) is 0 Å². The minimum absolute atomic E-state index is 0.167. The molecule has 0 aliphatic rings. The number of rotatable bonds is 5. The van der Waals surface area contributed by atoms with Crippen LogP contribution >= 0.6 is 15.9 Å². The molecule has 3 rings (SSSR count). The summed E-state index contributed by atoms with van der Waals surface area (Å²) in [7, 11) is -2.28. The van der Waals surface area contributed by atoms with E-state index < -0.39 is 10.0 Å². The van der Waals surface area contributed by atoms with Crippen LogP contribution in [0.15, 0.2) is 51.8 Å². The molecule has 0 aliphatic heterocycles. The van der Waals surface area contributed by atoms with Crippen LogP contribution < -0.4 is 9.47 Å². The number of benzene rings is 2. The monoisotopic (exact) mass is 423 g/mol. The third kappa shape index (κ3) is 2.91. The van der Waals surface area contributed by atoms with Crippen molar-refractivity contribution >= 4 is 36.9 Å². The average Bonchev–Trinajstić information content (AvgIpc) is 2.87. The highest BCUT2D eigenvalue weighted by Gasteiger charge is 2.27. The van der Waals surface area contributed by atoms with E-state index in [9.17, 15) is 8.42 Å². The van der Waals surface area contributed by atoms with E-state index in [4.69, 9.17) is 9.47 Å². The van der Waals surface area contributed by atoms with Gasteiger partial charge in [0.05, 0.1) is 24.9 Å². The molecule has 0 bridgehead atoms. The summed E-state index contributed by atoms with van der Waals surface area (Å²) in [5.41, 5.74) is 1.14. The summed E-state index contributed by atoms with van der Waals surface area (Å²) in [4.78, 5) is 0.167. The number of nitrogens with zero attached hydrogens (tertiary/aromatic N) is 1. The standard InChI is InChI=1S/C18H18BrNO4S/c1-4-24-18-12(2)20(16-8-6-5-7-14(16)18)25(21,22)17-10-9-13(23-3)11-15(17)19/h5-11H,4H2,1-3H3. The van der Waals surface area contributed by atoms with Gasteiger partial charge in [-0.15, -0.1) is 0 Å². The quantitative estimate of drug-likeness (QED) is 0.611. The largest absolute Gasteiger partial charge is 0.497 e. The van der Waals surface area contributed by atoms with Crippen LogP contribution in [-0.2, 0) is 10.0 Å². The lowest BCUT2D eigenvalue weighted by Gasteiger charge is -2.12. The van der Waals surface area contributed by atoms with Crippen LogP contribution in [0.25, 0.3) is 10.9 Å². The van der Waals surface area contributed by atoms with Gasteiger partial charge in [0.25, 0.3) is 10.0 Å². The maximum absolute atomic E-state index is 13.3. The first-order valence-corrected chi connectivity index (χ1v) is 9.97. The van der Waals surface area contributed by atoms with Gasteiger partial charge in [0.1, 0.15) is 16.4 Å². The van der Waals surface area contributed by atoms with E-state index in [0.717, 1.165) is 5.39 Å². The molecule has 0 radical (unpaired) electrons. The average molecular weight is 424 g/mol. The van der Waals surface area contributed by atoms with Crippen molar-refractivity contribution in [1.82, 2.24) is 3.97 Å². The van der Waals surface area contributed by atoms with Crippen LogP contribution in [0.2, 0.25) is 0 Å². The third-order valence-corrected chi connectivity index (χ3v) is 6.73. The summed E-state index contributed by atoms with van der Waals surface area (Å²) in [6.07, 6.45) is 0. The highest BCUT2D eigenvalue weighted by Crippen LogP contribution is 2.37. The number of ether oxygens (including phenoxy) is 2. The van der Waals surface area contributed by atoms with Crippen LogP contribution in [0, 0.1) is 6.92 Å². The summed E-state index contributed by atoms with van der Waals surface area (Å²) in [6.45, 7) is 4.08. The number of hydrogen-bond donors (Lipinski definition) is 0. The zero-order chi connectivity index (χ0) is 18.2. The fourth-order valence-corrected chi connectivity index (χ4v) is 5.44. The van der Waals surface area contributed by atoms with E-state index in [2.05, 4.69) is 15.9 Å². The smallest absolute Gasteiger partial charge is 0.269 e. The van der Waals surface area contributed by atoms with E-state index in [1.807, 2.05) is 25.1 Å². The van der Waals surface area contributed by atoms with Crippen molar-refractivity contribution in [1.29, 1.82) is 0 Å². The van der Waals surface area contributed by atoms with Gasteiger partial charge in [0.15, 0.2) is 0 Å². The summed E-state index contributed by atoms with van der Waals surface area (Å²) in [5.74, 6) is 1.17. The lowest BCUT2D eigenvalue weighted by Crippen LogP contribution is -2.15. The lowest BCUT2D eigenvalue weighted by atomic mass is 10.2. The predicted molar refractivity (Wildman–Crippen MR) is 101 cm³/mol. The van der Waals surface area contributed by atoms with Crippen molar-refractivity contribution < 1.29 is 17.9 Å². The Kier molecular flexibility index (Phi) is 4.79. The van der Waals surface area contributed by atoms with Crippen LogP contribution in [-0.4, -0.2) is 26.1 Å². The topological polar surface area (TPSA) is 57.5 Å². The van der Waals surface area contributed by atoms with Crippen LogP contribution in [0.1, 0.15) is 12.6 Å². The molecule has 0 spiro atoms. The zero-order valence-electron chi connectivity index (χ0n) is 14.1. The normalized spacial score (nSPS) is 11.7. The summed E-state index contributed by atoms with van der Waals surface area (Å²) >= 11 is 3.34. The second-order valence-electron chi connectivity index (χ2n) is 5.43. The molecule has 25 heavy (non-hydrogen) atoms. The van der Waals surface area contributed by atoms with Gasteiger partial charge >= 0.3 is 0 Å². The Hall–Kier alpha value is -1.99. The predicted octanol–water partition coefficient (Wildman–Crippen LogP) is 4.36. The molecule has 0 atom stereocenters. The summed E-state index contributed by atoms with van der Waals surface area (Å²) < 4.78 is 39.3. The Balaban J connectivity index is 2.30. The minimum Gasteiger partial charge on any atom is -0.497 e. The molecular weight excluding hydrogens is 406 g/mol. The fourth-order valence-electron chi connectivity index (χ4n) is 2.86. The number of para-hydroxylation sites is 1. The van der Waals surface area contributed by atoms with E-state index in [-0.39, 0.29) is 4.90 Å². The summed E-state index contributed by atoms with van der Waals surface area (Å²) in [5, 5.41) is 0.773. The minimum atomic E-state index is -3.82. The van der Waals surface area contributed by atoms with Gasteiger partial charge in [-0.2, -0.15) is 0 Å². The lowest BCUT2D eigenvalue weighted by molar-refractivity contribution is 0.341.